The van der Waals surface area contributed by atoms with E-state index in [0.29, 0.717) is 23.7 Å². The molecule has 0 aliphatic rings. The number of hydrogen-bond acceptors (Lipinski definition) is 2. The van der Waals surface area contributed by atoms with Gasteiger partial charge >= 0.3 is 0 Å². The highest BCUT2D eigenvalue weighted by Gasteiger charge is 2.10. The predicted octanol–water partition coefficient (Wildman–Crippen LogP) is 3.43. The molecule has 0 aliphatic carbocycles. The molecule has 2 N–H and O–H groups in total. The molecular formula is C13H13BrN2O2. The number of nitrogens with one attached hydrogen (secondary N) is 2. The van der Waals surface area contributed by atoms with E-state index in [0.717, 1.165) is 4.47 Å². The van der Waals surface area contributed by atoms with Gasteiger partial charge in [0.25, 0.3) is 5.91 Å². The van der Waals surface area contributed by atoms with Crippen LogP contribution in [0.4, 0.5) is 5.69 Å². The third-order valence-corrected chi connectivity index (χ3v) is 2.79. The van der Waals surface area contributed by atoms with E-state index in [1.54, 1.807) is 18.3 Å². The number of carbonyl (C=O) groups is 1. The molecule has 1 aromatic heterocycles. The molecule has 0 radical (unpaired) electrons. The molecule has 2 rings (SSSR count). The van der Waals surface area contributed by atoms with Gasteiger partial charge in [-0.15, -0.1) is 0 Å². The summed E-state index contributed by atoms with van der Waals surface area (Å²) in [6, 6.07) is 9.07. The first kappa shape index (κ1) is 12.7. The van der Waals surface area contributed by atoms with Crippen LogP contribution in [0.5, 0.6) is 5.75 Å². The smallest absolute Gasteiger partial charge is 0.272 e. The molecule has 0 spiro atoms. The molecule has 94 valence electrons. The summed E-state index contributed by atoms with van der Waals surface area (Å²) in [5, 5.41) is 2.81. The van der Waals surface area contributed by atoms with E-state index < -0.39 is 0 Å². The number of benzene rings is 1. The van der Waals surface area contributed by atoms with Crippen LogP contribution in [-0.4, -0.2) is 17.5 Å². The fraction of sp³-hybridized carbons (Fsp3) is 0.154. The van der Waals surface area contributed by atoms with Crippen molar-refractivity contribution in [2.75, 3.05) is 11.9 Å². The molecule has 0 saturated heterocycles. The lowest BCUT2D eigenvalue weighted by Gasteiger charge is -2.10. The average molecular weight is 309 g/mol. The lowest BCUT2D eigenvalue weighted by molar-refractivity contribution is 0.102. The van der Waals surface area contributed by atoms with E-state index in [1.807, 2.05) is 25.1 Å². The highest BCUT2D eigenvalue weighted by Crippen LogP contribution is 2.24. The minimum atomic E-state index is -0.201. The summed E-state index contributed by atoms with van der Waals surface area (Å²) in [7, 11) is 0. The van der Waals surface area contributed by atoms with Crippen molar-refractivity contribution >= 4 is 27.5 Å². The minimum Gasteiger partial charge on any atom is -0.492 e. The lowest BCUT2D eigenvalue weighted by atomic mass is 10.3. The van der Waals surface area contributed by atoms with Crippen LogP contribution < -0.4 is 10.1 Å². The predicted molar refractivity (Wildman–Crippen MR) is 74.1 cm³/mol. The summed E-state index contributed by atoms with van der Waals surface area (Å²) in [6.07, 6.45) is 1.71. The van der Waals surface area contributed by atoms with E-state index in [4.69, 9.17) is 4.74 Å². The van der Waals surface area contributed by atoms with Crippen LogP contribution >= 0.6 is 15.9 Å². The SMILES string of the molecule is CCOc1ccccc1NC(=O)c1cc(Br)c[nH]1. The Morgan fingerprint density at radius 1 is 1.44 bits per heavy atom. The second-order valence-electron chi connectivity index (χ2n) is 3.61. The molecule has 0 bridgehead atoms. The van der Waals surface area contributed by atoms with Gasteiger partial charge in [0.05, 0.1) is 12.3 Å². The maximum atomic E-state index is 12.0. The quantitative estimate of drug-likeness (QED) is 0.909. The van der Waals surface area contributed by atoms with Gasteiger partial charge in [0.15, 0.2) is 0 Å². The Morgan fingerprint density at radius 3 is 2.89 bits per heavy atom. The van der Waals surface area contributed by atoms with Crippen molar-refractivity contribution in [2.24, 2.45) is 0 Å². The Balaban J connectivity index is 2.16. The van der Waals surface area contributed by atoms with Gasteiger partial charge in [0, 0.05) is 10.7 Å². The van der Waals surface area contributed by atoms with Crippen LogP contribution in [-0.2, 0) is 0 Å². The number of aromatic nitrogens is 1. The molecule has 0 unspecified atom stereocenters. The standard InChI is InChI=1S/C13H13BrN2O2/c1-2-18-12-6-4-3-5-10(12)16-13(17)11-7-9(14)8-15-11/h3-8,15H,2H2,1H3,(H,16,17). The third kappa shape index (κ3) is 2.92. The number of carbonyl (C=O) groups excluding carboxylic acids is 1. The van der Waals surface area contributed by atoms with Gasteiger partial charge < -0.3 is 15.0 Å². The van der Waals surface area contributed by atoms with Gasteiger partial charge in [-0.05, 0) is 41.1 Å². The van der Waals surface area contributed by atoms with E-state index >= 15 is 0 Å². The van der Waals surface area contributed by atoms with E-state index in [2.05, 4.69) is 26.2 Å². The summed E-state index contributed by atoms with van der Waals surface area (Å²) in [5.74, 6) is 0.465. The van der Waals surface area contributed by atoms with Crippen molar-refractivity contribution in [3.63, 3.8) is 0 Å². The van der Waals surface area contributed by atoms with E-state index in [1.165, 1.54) is 0 Å². The molecule has 4 nitrogen and oxygen atoms in total. The molecule has 0 aliphatic heterocycles. The number of hydrogen-bond donors (Lipinski definition) is 2. The van der Waals surface area contributed by atoms with Gasteiger partial charge in [0.1, 0.15) is 11.4 Å². The largest absolute Gasteiger partial charge is 0.492 e. The number of halogens is 1. The van der Waals surface area contributed by atoms with Crippen molar-refractivity contribution < 1.29 is 9.53 Å². The zero-order valence-electron chi connectivity index (χ0n) is 9.87. The molecule has 18 heavy (non-hydrogen) atoms. The molecule has 1 heterocycles. The molecule has 1 aromatic carbocycles. The van der Waals surface area contributed by atoms with Gasteiger partial charge in [-0.25, -0.2) is 0 Å². The first-order chi connectivity index (χ1) is 8.70. The Bertz CT molecular complexity index is 551. The van der Waals surface area contributed by atoms with Gasteiger partial charge in [-0.2, -0.15) is 0 Å². The van der Waals surface area contributed by atoms with E-state index in [9.17, 15) is 4.79 Å². The van der Waals surface area contributed by atoms with Crippen molar-refractivity contribution in [3.8, 4) is 5.75 Å². The molecule has 2 aromatic rings. The molecule has 5 heteroatoms. The third-order valence-electron chi connectivity index (χ3n) is 2.33. The fourth-order valence-electron chi connectivity index (χ4n) is 1.54. The number of amides is 1. The van der Waals surface area contributed by atoms with E-state index in [-0.39, 0.29) is 5.91 Å². The lowest BCUT2D eigenvalue weighted by Crippen LogP contribution is -2.13. The zero-order valence-corrected chi connectivity index (χ0v) is 11.5. The maximum Gasteiger partial charge on any atom is 0.272 e. The summed E-state index contributed by atoms with van der Waals surface area (Å²) >= 11 is 3.29. The van der Waals surface area contributed by atoms with Crippen molar-refractivity contribution in [2.45, 2.75) is 6.92 Å². The van der Waals surface area contributed by atoms with Gasteiger partial charge in [-0.3, -0.25) is 4.79 Å². The monoisotopic (exact) mass is 308 g/mol. The zero-order chi connectivity index (χ0) is 13.0. The van der Waals surface area contributed by atoms with Crippen LogP contribution in [0.2, 0.25) is 0 Å². The molecule has 0 atom stereocenters. The summed E-state index contributed by atoms with van der Waals surface area (Å²) in [5.41, 5.74) is 1.16. The number of H-pyrrole nitrogens is 1. The van der Waals surface area contributed by atoms with Gasteiger partial charge in [-0.1, -0.05) is 12.1 Å². The average Bonchev–Trinajstić information content (AvgIpc) is 2.79. The topological polar surface area (TPSA) is 54.1 Å². The van der Waals surface area contributed by atoms with Crippen molar-refractivity contribution in [3.05, 3.63) is 46.7 Å². The summed E-state index contributed by atoms with van der Waals surface area (Å²) in [4.78, 5) is 14.8. The Morgan fingerprint density at radius 2 is 2.22 bits per heavy atom. The second-order valence-corrected chi connectivity index (χ2v) is 4.53. The summed E-state index contributed by atoms with van der Waals surface area (Å²) < 4.78 is 6.28. The Kier molecular flexibility index (Phi) is 4.04. The van der Waals surface area contributed by atoms with Crippen LogP contribution in [0, 0.1) is 0 Å². The Labute approximate surface area is 113 Å². The molecule has 1 amide bonds. The number of rotatable bonds is 4. The number of anilines is 1. The first-order valence-corrected chi connectivity index (χ1v) is 6.37. The molecular weight excluding hydrogens is 296 g/mol. The fourth-order valence-corrected chi connectivity index (χ4v) is 1.88. The number of para-hydroxylation sites is 2. The highest BCUT2D eigenvalue weighted by molar-refractivity contribution is 9.10. The van der Waals surface area contributed by atoms with Crippen LogP contribution in [0.3, 0.4) is 0 Å². The molecule has 0 saturated carbocycles. The second kappa shape index (κ2) is 5.73. The van der Waals surface area contributed by atoms with Gasteiger partial charge in [0.2, 0.25) is 0 Å². The van der Waals surface area contributed by atoms with Crippen LogP contribution in [0.15, 0.2) is 41.0 Å². The maximum absolute atomic E-state index is 12.0. The van der Waals surface area contributed by atoms with Crippen molar-refractivity contribution in [1.29, 1.82) is 0 Å². The molecule has 0 fully saturated rings. The van der Waals surface area contributed by atoms with Crippen molar-refractivity contribution in [1.82, 2.24) is 4.98 Å². The Hall–Kier alpha value is -1.75. The highest BCUT2D eigenvalue weighted by atomic mass is 79.9. The normalized spacial score (nSPS) is 10.1. The summed E-state index contributed by atoms with van der Waals surface area (Å²) in [6.45, 7) is 2.46. The van der Waals surface area contributed by atoms with Crippen LogP contribution in [0.25, 0.3) is 0 Å². The number of ether oxygens (including phenoxy) is 1. The minimum absolute atomic E-state index is 0.201. The first-order valence-electron chi connectivity index (χ1n) is 5.58. The van der Waals surface area contributed by atoms with Crippen LogP contribution in [0.1, 0.15) is 17.4 Å². The number of aromatic amines is 1.